The summed E-state index contributed by atoms with van der Waals surface area (Å²) in [5, 5.41) is 7.56. The molecule has 0 atom stereocenters. The predicted octanol–water partition coefficient (Wildman–Crippen LogP) is 2.50. The zero-order valence-corrected chi connectivity index (χ0v) is 11.6. The van der Waals surface area contributed by atoms with E-state index in [1.165, 1.54) is 6.07 Å². The lowest BCUT2D eigenvalue weighted by molar-refractivity contribution is 0.961. The topological polar surface area (TPSA) is 63.6 Å². The second-order valence-corrected chi connectivity index (χ2v) is 5.37. The van der Waals surface area contributed by atoms with Gasteiger partial charge in [-0.1, -0.05) is 0 Å². The lowest BCUT2D eigenvalue weighted by Crippen LogP contribution is -2.08. The van der Waals surface area contributed by atoms with E-state index in [0.29, 0.717) is 0 Å². The van der Waals surface area contributed by atoms with Crippen molar-refractivity contribution in [2.75, 3.05) is 0 Å². The van der Waals surface area contributed by atoms with Gasteiger partial charge in [-0.2, -0.15) is 5.10 Å². The van der Waals surface area contributed by atoms with E-state index in [-0.39, 0.29) is 5.56 Å². The van der Waals surface area contributed by atoms with Gasteiger partial charge in [0, 0.05) is 23.3 Å². The molecular formula is C14H12N4OS. The maximum absolute atomic E-state index is 11.1. The van der Waals surface area contributed by atoms with Crippen molar-refractivity contribution < 1.29 is 0 Å². The molecule has 0 aliphatic carbocycles. The molecule has 5 nitrogen and oxygen atoms in total. The number of aryl methyl sites for hydroxylation is 1. The second-order valence-electron chi connectivity index (χ2n) is 4.28. The van der Waals surface area contributed by atoms with Gasteiger partial charge in [0.1, 0.15) is 5.00 Å². The molecular weight excluding hydrogens is 272 g/mol. The number of hydrogen-bond acceptors (Lipinski definition) is 4. The van der Waals surface area contributed by atoms with Crippen LogP contribution in [0.15, 0.2) is 41.7 Å². The lowest BCUT2D eigenvalue weighted by Gasteiger charge is -1.96. The van der Waals surface area contributed by atoms with Gasteiger partial charge in [-0.3, -0.25) is 9.36 Å². The van der Waals surface area contributed by atoms with E-state index in [1.807, 2.05) is 42.0 Å². The molecule has 1 N–H and O–H groups in total. The van der Waals surface area contributed by atoms with Crippen LogP contribution in [0, 0.1) is 6.92 Å². The van der Waals surface area contributed by atoms with Gasteiger partial charge >= 0.3 is 0 Å². The minimum atomic E-state index is -0.182. The Hall–Kier alpha value is -2.47. The maximum Gasteiger partial charge on any atom is 0.264 e. The number of aromatic amines is 1. The summed E-state index contributed by atoms with van der Waals surface area (Å²) in [7, 11) is 0. The third-order valence-electron chi connectivity index (χ3n) is 2.82. The normalized spacial score (nSPS) is 11.2. The first-order chi connectivity index (χ1) is 9.72. The van der Waals surface area contributed by atoms with Crippen LogP contribution < -0.4 is 5.56 Å². The monoisotopic (exact) mass is 284 g/mol. The molecule has 3 rings (SSSR count). The van der Waals surface area contributed by atoms with Gasteiger partial charge in [0.05, 0.1) is 12.0 Å². The van der Waals surface area contributed by atoms with Crippen molar-refractivity contribution in [3.05, 3.63) is 63.4 Å². The number of nitrogens with zero attached hydrogens (tertiary/aromatic N) is 3. The van der Waals surface area contributed by atoms with E-state index < -0.39 is 0 Å². The molecule has 0 aliphatic heterocycles. The molecule has 0 fully saturated rings. The first-order valence-corrected chi connectivity index (χ1v) is 6.86. The van der Waals surface area contributed by atoms with Gasteiger partial charge in [-0.25, -0.2) is 10.1 Å². The van der Waals surface area contributed by atoms with Crippen LogP contribution in [0.4, 0.5) is 0 Å². The highest BCUT2D eigenvalue weighted by atomic mass is 32.1. The van der Waals surface area contributed by atoms with Crippen molar-refractivity contribution >= 4 is 23.5 Å². The molecule has 0 amide bonds. The number of nitrogens with one attached hydrogen (secondary N) is 1. The van der Waals surface area contributed by atoms with Crippen molar-refractivity contribution in [3.63, 3.8) is 0 Å². The highest BCUT2D eigenvalue weighted by Gasteiger charge is 2.00. The van der Waals surface area contributed by atoms with Crippen LogP contribution >= 0.6 is 11.3 Å². The van der Waals surface area contributed by atoms with Crippen LogP contribution in [0.3, 0.4) is 0 Å². The first kappa shape index (κ1) is 12.6. The average Bonchev–Trinajstić information content (AvgIpc) is 3.08. The minimum Gasteiger partial charge on any atom is -0.298 e. The number of imidazole rings is 1. The summed E-state index contributed by atoms with van der Waals surface area (Å²) in [6, 6.07) is 5.62. The van der Waals surface area contributed by atoms with Gasteiger partial charge in [-0.15, -0.1) is 11.3 Å². The molecule has 20 heavy (non-hydrogen) atoms. The van der Waals surface area contributed by atoms with Gasteiger partial charge in [-0.05, 0) is 36.8 Å². The van der Waals surface area contributed by atoms with Crippen LogP contribution in [0.2, 0.25) is 0 Å². The average molecular weight is 284 g/mol. The molecule has 0 unspecified atom stereocenters. The van der Waals surface area contributed by atoms with E-state index in [1.54, 1.807) is 23.9 Å². The summed E-state index contributed by atoms with van der Waals surface area (Å²) in [4.78, 5) is 16.2. The van der Waals surface area contributed by atoms with E-state index >= 15 is 0 Å². The molecule has 6 heteroatoms. The molecule has 3 heterocycles. The summed E-state index contributed by atoms with van der Waals surface area (Å²) in [6.45, 7) is 1.87. The van der Waals surface area contributed by atoms with Gasteiger partial charge in [0.15, 0.2) is 0 Å². The Bertz CT molecular complexity index is 799. The standard InChI is InChI=1S/C14H12N4OS/c1-10-8-13(19)17-16-12(10)4-2-11-3-5-14(20-11)18-7-6-15-9-18/h2-9H,1H3,(H,17,19). The summed E-state index contributed by atoms with van der Waals surface area (Å²) in [5.74, 6) is 0. The molecule has 0 spiro atoms. The van der Waals surface area contributed by atoms with Gasteiger partial charge in [0.25, 0.3) is 5.56 Å². The molecule has 100 valence electrons. The van der Waals surface area contributed by atoms with E-state index in [9.17, 15) is 4.79 Å². The molecule has 0 aliphatic rings. The molecule has 0 saturated heterocycles. The maximum atomic E-state index is 11.1. The molecule has 3 aromatic rings. The van der Waals surface area contributed by atoms with E-state index in [4.69, 9.17) is 0 Å². The third kappa shape index (κ3) is 2.60. The van der Waals surface area contributed by atoms with Crippen LogP contribution in [-0.4, -0.2) is 19.7 Å². The fourth-order valence-electron chi connectivity index (χ4n) is 1.80. The Balaban J connectivity index is 1.84. The summed E-state index contributed by atoms with van der Waals surface area (Å²) in [5.41, 5.74) is 1.44. The summed E-state index contributed by atoms with van der Waals surface area (Å²) < 4.78 is 1.96. The van der Waals surface area contributed by atoms with Crippen LogP contribution in [-0.2, 0) is 0 Å². The number of H-pyrrole nitrogens is 1. The minimum absolute atomic E-state index is 0.182. The zero-order chi connectivity index (χ0) is 13.9. The Morgan fingerprint density at radius 1 is 1.35 bits per heavy atom. The number of hydrogen-bond donors (Lipinski definition) is 1. The largest absolute Gasteiger partial charge is 0.298 e. The fraction of sp³-hybridized carbons (Fsp3) is 0.0714. The van der Waals surface area contributed by atoms with Gasteiger partial charge in [0.2, 0.25) is 0 Å². The highest BCUT2D eigenvalue weighted by molar-refractivity contribution is 7.15. The first-order valence-electron chi connectivity index (χ1n) is 6.05. The van der Waals surface area contributed by atoms with Crippen molar-refractivity contribution in [2.24, 2.45) is 0 Å². The van der Waals surface area contributed by atoms with E-state index in [0.717, 1.165) is 21.1 Å². The lowest BCUT2D eigenvalue weighted by atomic mass is 10.2. The molecule has 0 saturated carbocycles. The van der Waals surface area contributed by atoms with E-state index in [2.05, 4.69) is 15.2 Å². The van der Waals surface area contributed by atoms with Crippen molar-refractivity contribution in [3.8, 4) is 5.00 Å². The molecule has 0 radical (unpaired) electrons. The number of aromatic nitrogens is 4. The van der Waals surface area contributed by atoms with Crippen molar-refractivity contribution in [2.45, 2.75) is 6.92 Å². The summed E-state index contributed by atoms with van der Waals surface area (Å²) in [6.07, 6.45) is 9.32. The molecule has 3 aromatic heterocycles. The van der Waals surface area contributed by atoms with Crippen LogP contribution in [0.5, 0.6) is 0 Å². The fourth-order valence-corrected chi connectivity index (χ4v) is 2.66. The Morgan fingerprint density at radius 2 is 2.25 bits per heavy atom. The zero-order valence-electron chi connectivity index (χ0n) is 10.8. The SMILES string of the molecule is Cc1cc(=O)[nH]nc1C=Cc1ccc(-n2ccnc2)s1. The predicted molar refractivity (Wildman–Crippen MR) is 80.0 cm³/mol. The summed E-state index contributed by atoms with van der Waals surface area (Å²) >= 11 is 1.66. The Morgan fingerprint density at radius 3 is 3.00 bits per heavy atom. The Labute approximate surface area is 119 Å². The Kier molecular flexibility index (Phi) is 3.30. The van der Waals surface area contributed by atoms with Gasteiger partial charge < -0.3 is 0 Å². The van der Waals surface area contributed by atoms with Crippen molar-refractivity contribution in [1.82, 2.24) is 19.7 Å². The molecule has 0 bridgehead atoms. The van der Waals surface area contributed by atoms with Crippen LogP contribution in [0.1, 0.15) is 16.1 Å². The second kappa shape index (κ2) is 5.26. The smallest absolute Gasteiger partial charge is 0.264 e. The third-order valence-corrected chi connectivity index (χ3v) is 3.88. The highest BCUT2D eigenvalue weighted by Crippen LogP contribution is 2.22. The number of thiophene rings is 1. The molecule has 0 aromatic carbocycles. The van der Waals surface area contributed by atoms with Crippen molar-refractivity contribution in [1.29, 1.82) is 0 Å². The quantitative estimate of drug-likeness (QED) is 0.803. The number of rotatable bonds is 3. The van der Waals surface area contributed by atoms with Crippen LogP contribution in [0.25, 0.3) is 17.2 Å².